The topological polar surface area (TPSA) is 20.2 Å². The molecule has 0 heterocycles. The highest BCUT2D eigenvalue weighted by atomic mass is 16.3. The molecule has 16 heavy (non-hydrogen) atoms. The van der Waals surface area contributed by atoms with Crippen LogP contribution in [0.2, 0.25) is 0 Å². The first-order valence-electron chi connectivity index (χ1n) is 6.22. The zero-order valence-corrected chi connectivity index (χ0v) is 11.2. The van der Waals surface area contributed by atoms with Gasteiger partial charge in [-0.2, -0.15) is 0 Å². The highest BCUT2D eigenvalue weighted by molar-refractivity contribution is 5.12. The number of hydrogen-bond acceptors (Lipinski definition) is 1. The minimum Gasteiger partial charge on any atom is -0.390 e. The second-order valence-electron chi connectivity index (χ2n) is 6.23. The van der Waals surface area contributed by atoms with E-state index in [1.807, 2.05) is 13.8 Å². The lowest BCUT2D eigenvalue weighted by Crippen LogP contribution is -2.41. The Labute approximate surface area is 100 Å². The van der Waals surface area contributed by atoms with Crippen molar-refractivity contribution in [3.05, 3.63) is 24.8 Å². The van der Waals surface area contributed by atoms with Crippen molar-refractivity contribution < 1.29 is 5.11 Å². The van der Waals surface area contributed by atoms with Crippen molar-refractivity contribution in [3.63, 3.8) is 0 Å². The molecule has 0 aromatic carbocycles. The summed E-state index contributed by atoms with van der Waals surface area (Å²) in [5.74, 6) is 0.831. The van der Waals surface area contributed by atoms with E-state index in [4.69, 9.17) is 0 Å². The molecule has 0 unspecified atom stereocenters. The first kappa shape index (κ1) is 13.5. The third-order valence-corrected chi connectivity index (χ3v) is 4.41. The SMILES string of the molecule is C=C[C@@]1(C)CC[C@H](C(C)(C)O)C[C@H]1C(=C)C. The summed E-state index contributed by atoms with van der Waals surface area (Å²) >= 11 is 0. The molecule has 1 nitrogen and oxygen atoms in total. The van der Waals surface area contributed by atoms with Gasteiger partial charge >= 0.3 is 0 Å². The maximum absolute atomic E-state index is 10.1. The van der Waals surface area contributed by atoms with Gasteiger partial charge in [-0.15, -0.1) is 6.58 Å². The van der Waals surface area contributed by atoms with Crippen molar-refractivity contribution in [2.24, 2.45) is 17.3 Å². The molecule has 1 saturated carbocycles. The number of hydrogen-bond donors (Lipinski definition) is 1. The maximum atomic E-state index is 10.1. The van der Waals surface area contributed by atoms with Gasteiger partial charge in [0.05, 0.1) is 5.60 Å². The highest BCUT2D eigenvalue weighted by Crippen LogP contribution is 2.49. The van der Waals surface area contributed by atoms with E-state index in [0.717, 1.165) is 19.3 Å². The molecule has 3 atom stereocenters. The van der Waals surface area contributed by atoms with Gasteiger partial charge in [0.15, 0.2) is 0 Å². The monoisotopic (exact) mass is 222 g/mol. The summed E-state index contributed by atoms with van der Waals surface area (Å²) in [6.07, 6.45) is 5.28. The van der Waals surface area contributed by atoms with Crippen molar-refractivity contribution in [1.82, 2.24) is 0 Å². The molecular formula is C15H26O. The molecule has 92 valence electrons. The normalized spacial score (nSPS) is 35.8. The fourth-order valence-electron chi connectivity index (χ4n) is 2.98. The van der Waals surface area contributed by atoms with Gasteiger partial charge in [0.25, 0.3) is 0 Å². The standard InChI is InChI=1S/C15H26O/c1-7-15(6)9-8-12(14(4,5)16)10-13(15)11(2)3/h7,12-13,16H,1-2,8-10H2,3-6H3/t12-,13-,15-/m0/s1. The van der Waals surface area contributed by atoms with Crippen LogP contribution in [0.3, 0.4) is 0 Å². The molecule has 0 saturated heterocycles. The summed E-state index contributed by atoms with van der Waals surface area (Å²) in [7, 11) is 0. The Balaban J connectivity index is 2.90. The first-order chi connectivity index (χ1) is 7.20. The van der Waals surface area contributed by atoms with Crippen molar-refractivity contribution in [2.45, 2.75) is 52.6 Å². The van der Waals surface area contributed by atoms with Gasteiger partial charge in [-0.1, -0.05) is 25.2 Å². The third-order valence-electron chi connectivity index (χ3n) is 4.41. The van der Waals surface area contributed by atoms with Crippen molar-refractivity contribution in [1.29, 1.82) is 0 Å². The van der Waals surface area contributed by atoms with Gasteiger partial charge in [0.2, 0.25) is 0 Å². The van der Waals surface area contributed by atoms with E-state index in [1.165, 1.54) is 5.57 Å². The van der Waals surface area contributed by atoms with E-state index in [9.17, 15) is 5.11 Å². The summed E-state index contributed by atoms with van der Waals surface area (Å²) in [5, 5.41) is 10.1. The van der Waals surface area contributed by atoms with Crippen LogP contribution in [-0.2, 0) is 0 Å². The molecule has 0 aliphatic heterocycles. The molecule has 0 amide bonds. The van der Waals surface area contributed by atoms with Crippen LogP contribution in [0.1, 0.15) is 47.0 Å². The predicted molar refractivity (Wildman–Crippen MR) is 70.2 cm³/mol. The molecule has 1 rings (SSSR count). The van der Waals surface area contributed by atoms with E-state index in [-0.39, 0.29) is 5.41 Å². The van der Waals surface area contributed by atoms with Crippen LogP contribution in [0.15, 0.2) is 24.8 Å². The lowest BCUT2D eigenvalue weighted by atomic mass is 9.60. The molecule has 0 aromatic heterocycles. The summed E-state index contributed by atoms with van der Waals surface area (Å²) in [5.41, 5.74) is 0.806. The van der Waals surface area contributed by atoms with Crippen LogP contribution in [0.25, 0.3) is 0 Å². The minimum atomic E-state index is -0.573. The van der Waals surface area contributed by atoms with Crippen LogP contribution < -0.4 is 0 Å². The number of rotatable bonds is 3. The van der Waals surface area contributed by atoms with Gasteiger partial charge in [0, 0.05) is 0 Å². The Bertz CT molecular complexity index is 284. The smallest absolute Gasteiger partial charge is 0.0620 e. The molecule has 0 spiro atoms. The van der Waals surface area contributed by atoms with Crippen LogP contribution in [0, 0.1) is 17.3 Å². The second kappa shape index (κ2) is 4.37. The Morgan fingerprint density at radius 2 is 2.06 bits per heavy atom. The molecule has 0 bridgehead atoms. The highest BCUT2D eigenvalue weighted by Gasteiger charge is 2.42. The Morgan fingerprint density at radius 3 is 2.44 bits per heavy atom. The largest absolute Gasteiger partial charge is 0.390 e. The second-order valence-corrected chi connectivity index (χ2v) is 6.23. The maximum Gasteiger partial charge on any atom is 0.0620 e. The zero-order chi connectivity index (χ0) is 12.6. The molecular weight excluding hydrogens is 196 g/mol. The molecule has 1 fully saturated rings. The van der Waals surface area contributed by atoms with Crippen LogP contribution >= 0.6 is 0 Å². The van der Waals surface area contributed by atoms with Crippen LogP contribution in [0.5, 0.6) is 0 Å². The molecule has 0 aromatic rings. The Morgan fingerprint density at radius 1 is 1.50 bits per heavy atom. The van der Waals surface area contributed by atoms with Crippen molar-refractivity contribution in [2.75, 3.05) is 0 Å². The van der Waals surface area contributed by atoms with Crippen LogP contribution in [0.4, 0.5) is 0 Å². The van der Waals surface area contributed by atoms with E-state index in [2.05, 4.69) is 33.1 Å². The Hall–Kier alpha value is -0.560. The molecule has 1 aliphatic rings. The summed E-state index contributed by atoms with van der Waals surface area (Å²) in [6.45, 7) is 16.3. The van der Waals surface area contributed by atoms with Gasteiger partial charge in [-0.3, -0.25) is 0 Å². The van der Waals surface area contributed by atoms with E-state index in [1.54, 1.807) is 0 Å². The van der Waals surface area contributed by atoms with Gasteiger partial charge < -0.3 is 5.11 Å². The van der Waals surface area contributed by atoms with Gasteiger partial charge in [-0.05, 0) is 57.3 Å². The van der Waals surface area contributed by atoms with Gasteiger partial charge in [-0.25, -0.2) is 0 Å². The molecule has 1 heteroatoms. The van der Waals surface area contributed by atoms with Crippen molar-refractivity contribution >= 4 is 0 Å². The first-order valence-corrected chi connectivity index (χ1v) is 6.22. The molecule has 0 radical (unpaired) electrons. The van der Waals surface area contributed by atoms with E-state index in [0.29, 0.717) is 11.8 Å². The average Bonchev–Trinajstić information content (AvgIpc) is 2.16. The summed E-state index contributed by atoms with van der Waals surface area (Å²) < 4.78 is 0. The molecule has 1 aliphatic carbocycles. The zero-order valence-electron chi connectivity index (χ0n) is 11.2. The third kappa shape index (κ3) is 2.57. The predicted octanol–water partition coefficient (Wildman–Crippen LogP) is 3.94. The van der Waals surface area contributed by atoms with Crippen molar-refractivity contribution in [3.8, 4) is 0 Å². The van der Waals surface area contributed by atoms with Crippen LogP contribution in [-0.4, -0.2) is 10.7 Å². The van der Waals surface area contributed by atoms with E-state index >= 15 is 0 Å². The fraction of sp³-hybridized carbons (Fsp3) is 0.733. The lowest BCUT2D eigenvalue weighted by molar-refractivity contribution is -0.0244. The average molecular weight is 222 g/mol. The number of aliphatic hydroxyl groups is 1. The fourth-order valence-corrected chi connectivity index (χ4v) is 2.98. The Kier molecular flexibility index (Phi) is 3.69. The lowest BCUT2D eigenvalue weighted by Gasteiger charge is -2.46. The number of allylic oxidation sites excluding steroid dienone is 2. The van der Waals surface area contributed by atoms with E-state index < -0.39 is 5.60 Å². The summed E-state index contributed by atoms with van der Waals surface area (Å²) in [6, 6.07) is 0. The van der Waals surface area contributed by atoms with Gasteiger partial charge in [0.1, 0.15) is 0 Å². The quantitative estimate of drug-likeness (QED) is 0.717. The molecule has 1 N–H and O–H groups in total. The summed E-state index contributed by atoms with van der Waals surface area (Å²) in [4.78, 5) is 0. The minimum absolute atomic E-state index is 0.160.